The van der Waals surface area contributed by atoms with Crippen molar-refractivity contribution in [3.05, 3.63) is 70.8 Å². The fourth-order valence-corrected chi connectivity index (χ4v) is 2.75. The normalized spacial score (nSPS) is 11.8. The van der Waals surface area contributed by atoms with Gasteiger partial charge in [-0.1, -0.05) is 48.9 Å². The summed E-state index contributed by atoms with van der Waals surface area (Å²) in [4.78, 5) is 0. The first-order valence-corrected chi connectivity index (χ1v) is 8.08. The van der Waals surface area contributed by atoms with Gasteiger partial charge in [0.2, 0.25) is 0 Å². The van der Waals surface area contributed by atoms with Crippen LogP contribution in [-0.2, 0) is 12.8 Å². The van der Waals surface area contributed by atoms with Gasteiger partial charge in [0.1, 0.15) is 11.5 Å². The fraction of sp³-hybridized carbons (Fsp3) is 0.333. The number of hydrogen-bond acceptors (Lipinski definition) is 2. The maximum Gasteiger partial charge on any atom is 0.126 e. The van der Waals surface area contributed by atoms with Gasteiger partial charge in [-0.2, -0.15) is 0 Å². The van der Waals surface area contributed by atoms with Crippen molar-refractivity contribution in [2.75, 3.05) is 7.11 Å². The molecule has 2 heteroatoms. The number of aromatic hydroxyl groups is 1. The molecule has 0 saturated carbocycles. The third kappa shape index (κ3) is 4.62. The summed E-state index contributed by atoms with van der Waals surface area (Å²) in [6.45, 7) is 6.31. The van der Waals surface area contributed by atoms with E-state index in [0.717, 1.165) is 23.3 Å². The lowest BCUT2D eigenvalue weighted by Gasteiger charge is -2.15. The lowest BCUT2D eigenvalue weighted by atomic mass is 9.92. The van der Waals surface area contributed by atoms with E-state index in [4.69, 9.17) is 4.74 Å². The Labute approximate surface area is 139 Å². The van der Waals surface area contributed by atoms with E-state index in [9.17, 15) is 5.11 Å². The van der Waals surface area contributed by atoms with Crippen LogP contribution in [0.1, 0.15) is 43.4 Å². The van der Waals surface area contributed by atoms with E-state index in [1.165, 1.54) is 11.1 Å². The maximum atomic E-state index is 10.4. The van der Waals surface area contributed by atoms with Crippen molar-refractivity contribution < 1.29 is 9.84 Å². The molecule has 0 aromatic heterocycles. The maximum absolute atomic E-state index is 10.4. The molecule has 1 unspecified atom stereocenters. The molecule has 0 amide bonds. The van der Waals surface area contributed by atoms with E-state index >= 15 is 0 Å². The Morgan fingerprint density at radius 1 is 1.17 bits per heavy atom. The molecule has 2 aromatic carbocycles. The second-order valence-electron chi connectivity index (χ2n) is 6.30. The molecule has 0 spiro atoms. The third-order valence-electron chi connectivity index (χ3n) is 4.09. The standard InChI is InChI=1S/C21H26O2/c1-15(2)10-11-19-20(22)13-17(14-21(19)23-4)12-16(3)18-8-6-5-7-9-18/h5-10,13-14,16,22H,11-12H2,1-4H3. The summed E-state index contributed by atoms with van der Waals surface area (Å²) in [5.74, 6) is 1.47. The van der Waals surface area contributed by atoms with Crippen LogP contribution >= 0.6 is 0 Å². The van der Waals surface area contributed by atoms with Crippen molar-refractivity contribution in [3.63, 3.8) is 0 Å². The molecule has 0 fully saturated rings. The van der Waals surface area contributed by atoms with Gasteiger partial charge in [0.25, 0.3) is 0 Å². The molecule has 2 aromatic rings. The number of benzene rings is 2. The van der Waals surface area contributed by atoms with Gasteiger partial charge >= 0.3 is 0 Å². The van der Waals surface area contributed by atoms with Crippen molar-refractivity contribution in [2.24, 2.45) is 0 Å². The number of hydrogen-bond donors (Lipinski definition) is 1. The predicted octanol–water partition coefficient (Wildman–Crippen LogP) is 5.26. The molecule has 0 bridgehead atoms. The summed E-state index contributed by atoms with van der Waals surface area (Å²) in [6.07, 6.45) is 3.66. The van der Waals surface area contributed by atoms with Crippen LogP contribution in [0.25, 0.3) is 0 Å². The number of allylic oxidation sites excluding steroid dienone is 2. The number of ether oxygens (including phenoxy) is 1. The number of rotatable bonds is 6. The molecule has 0 aliphatic carbocycles. The van der Waals surface area contributed by atoms with Gasteiger partial charge in [-0.05, 0) is 55.9 Å². The lowest BCUT2D eigenvalue weighted by Crippen LogP contribution is -2.00. The van der Waals surface area contributed by atoms with Gasteiger partial charge in [-0.15, -0.1) is 0 Å². The second-order valence-corrected chi connectivity index (χ2v) is 6.30. The van der Waals surface area contributed by atoms with Crippen LogP contribution in [0.3, 0.4) is 0 Å². The van der Waals surface area contributed by atoms with E-state index in [2.05, 4.69) is 51.1 Å². The zero-order valence-corrected chi connectivity index (χ0v) is 14.5. The summed E-state index contributed by atoms with van der Waals surface area (Å²) in [5.41, 5.74) is 4.48. The fourth-order valence-electron chi connectivity index (χ4n) is 2.75. The van der Waals surface area contributed by atoms with Crippen LogP contribution < -0.4 is 4.74 Å². The average Bonchev–Trinajstić information content (AvgIpc) is 2.54. The molecular formula is C21H26O2. The highest BCUT2D eigenvalue weighted by atomic mass is 16.5. The van der Waals surface area contributed by atoms with E-state index < -0.39 is 0 Å². The van der Waals surface area contributed by atoms with Gasteiger partial charge < -0.3 is 9.84 Å². The Kier molecular flexibility index (Phi) is 5.86. The molecule has 1 atom stereocenters. The van der Waals surface area contributed by atoms with Crippen molar-refractivity contribution in [1.29, 1.82) is 0 Å². The summed E-state index contributed by atoms with van der Waals surface area (Å²) >= 11 is 0. The zero-order valence-electron chi connectivity index (χ0n) is 14.5. The van der Waals surface area contributed by atoms with Crippen molar-refractivity contribution in [1.82, 2.24) is 0 Å². The lowest BCUT2D eigenvalue weighted by molar-refractivity contribution is 0.400. The molecule has 23 heavy (non-hydrogen) atoms. The first-order valence-electron chi connectivity index (χ1n) is 8.08. The monoisotopic (exact) mass is 310 g/mol. The van der Waals surface area contributed by atoms with Gasteiger partial charge in [-0.25, -0.2) is 0 Å². The van der Waals surface area contributed by atoms with Crippen molar-refractivity contribution >= 4 is 0 Å². The number of phenolic OH excluding ortho intramolecular Hbond substituents is 1. The molecule has 0 radical (unpaired) electrons. The first-order chi connectivity index (χ1) is 11.0. The van der Waals surface area contributed by atoms with Crippen LogP contribution in [0.5, 0.6) is 11.5 Å². The zero-order chi connectivity index (χ0) is 16.8. The summed E-state index contributed by atoms with van der Waals surface area (Å²) in [7, 11) is 1.66. The largest absolute Gasteiger partial charge is 0.508 e. The Bertz CT molecular complexity index is 668. The number of phenols is 1. The Hall–Kier alpha value is -2.22. The molecule has 0 aliphatic heterocycles. The molecule has 2 rings (SSSR count). The van der Waals surface area contributed by atoms with Crippen LogP contribution in [0.2, 0.25) is 0 Å². The van der Waals surface area contributed by atoms with E-state index in [1.807, 2.05) is 18.2 Å². The minimum Gasteiger partial charge on any atom is -0.508 e. The molecule has 0 saturated heterocycles. The third-order valence-corrected chi connectivity index (χ3v) is 4.09. The molecule has 0 aliphatic rings. The quantitative estimate of drug-likeness (QED) is 0.738. The SMILES string of the molecule is COc1cc(CC(C)c2ccccc2)cc(O)c1CC=C(C)C. The smallest absolute Gasteiger partial charge is 0.126 e. The summed E-state index contributed by atoms with van der Waals surface area (Å²) in [5, 5.41) is 10.4. The Morgan fingerprint density at radius 2 is 1.87 bits per heavy atom. The topological polar surface area (TPSA) is 29.5 Å². The van der Waals surface area contributed by atoms with Gasteiger partial charge in [0.15, 0.2) is 0 Å². The highest BCUT2D eigenvalue weighted by Gasteiger charge is 2.13. The minimum atomic E-state index is 0.317. The molecule has 122 valence electrons. The first kappa shape index (κ1) is 17.1. The van der Waals surface area contributed by atoms with Gasteiger partial charge in [0.05, 0.1) is 7.11 Å². The van der Waals surface area contributed by atoms with Crippen LogP contribution in [0.4, 0.5) is 0 Å². The van der Waals surface area contributed by atoms with Crippen LogP contribution in [0.15, 0.2) is 54.1 Å². The molecular weight excluding hydrogens is 284 g/mol. The van der Waals surface area contributed by atoms with Crippen LogP contribution in [-0.4, -0.2) is 12.2 Å². The van der Waals surface area contributed by atoms with Gasteiger partial charge in [0, 0.05) is 5.56 Å². The second kappa shape index (κ2) is 7.87. The average molecular weight is 310 g/mol. The minimum absolute atomic E-state index is 0.317. The Balaban J connectivity index is 2.24. The van der Waals surface area contributed by atoms with Crippen molar-refractivity contribution in [2.45, 2.75) is 39.5 Å². The summed E-state index contributed by atoms with van der Waals surface area (Å²) < 4.78 is 5.50. The van der Waals surface area contributed by atoms with E-state index in [-0.39, 0.29) is 0 Å². The molecule has 0 heterocycles. The van der Waals surface area contributed by atoms with Crippen molar-refractivity contribution in [3.8, 4) is 11.5 Å². The van der Waals surface area contributed by atoms with Gasteiger partial charge in [-0.3, -0.25) is 0 Å². The number of methoxy groups -OCH3 is 1. The Morgan fingerprint density at radius 3 is 2.48 bits per heavy atom. The summed E-state index contributed by atoms with van der Waals surface area (Å²) in [6, 6.07) is 14.4. The molecule has 1 N–H and O–H groups in total. The van der Waals surface area contributed by atoms with E-state index in [0.29, 0.717) is 18.1 Å². The highest BCUT2D eigenvalue weighted by molar-refractivity contribution is 5.49. The van der Waals surface area contributed by atoms with Crippen LogP contribution in [0, 0.1) is 0 Å². The molecule has 2 nitrogen and oxygen atoms in total. The van der Waals surface area contributed by atoms with E-state index in [1.54, 1.807) is 7.11 Å². The highest BCUT2D eigenvalue weighted by Crippen LogP contribution is 2.32. The predicted molar refractivity (Wildman–Crippen MR) is 96.4 cm³/mol.